The number of nitrogens with one attached hydrogen (secondary N) is 2. The summed E-state index contributed by atoms with van der Waals surface area (Å²) in [6, 6.07) is 13.6. The Morgan fingerprint density at radius 3 is 1.61 bits per heavy atom. The normalized spacial score (nSPS) is 12.1. The number of hydrogen-bond donors (Lipinski definition) is 2. The van der Waals surface area contributed by atoms with Gasteiger partial charge in [0.1, 0.15) is 22.2 Å². The molecule has 2 aromatic carbocycles. The van der Waals surface area contributed by atoms with Gasteiger partial charge in [-0.3, -0.25) is 14.4 Å². The van der Waals surface area contributed by atoms with Crippen molar-refractivity contribution in [1.82, 2.24) is 9.97 Å². The Hall–Kier alpha value is -3.87. The molecule has 3 rings (SSSR count). The van der Waals surface area contributed by atoms with E-state index >= 15 is 0 Å². The van der Waals surface area contributed by atoms with E-state index in [1.54, 1.807) is 61.7 Å². The Balaban J connectivity index is 1.96. The van der Waals surface area contributed by atoms with Gasteiger partial charge >= 0.3 is 5.97 Å². The third kappa shape index (κ3) is 4.64. The molecule has 1 aromatic heterocycles. The summed E-state index contributed by atoms with van der Waals surface area (Å²) in [6.07, 6.45) is 3.12. The SMILES string of the molecule is COc1ccc(/C=c2\[nH]c(=O)/c(=C/c3ccc(OC(C)=O)cc3)[nH]c2=O)cc1. The molecule has 0 unspecified atom stereocenters. The predicted molar refractivity (Wildman–Crippen MR) is 105 cm³/mol. The molecule has 142 valence electrons. The van der Waals surface area contributed by atoms with Crippen LogP contribution < -0.4 is 31.3 Å². The minimum atomic E-state index is -0.427. The van der Waals surface area contributed by atoms with Gasteiger partial charge in [-0.25, -0.2) is 0 Å². The Morgan fingerprint density at radius 2 is 1.21 bits per heavy atom. The number of H-pyrrole nitrogens is 2. The molecule has 0 aliphatic rings. The number of carbonyl (C=O) groups is 1. The topological polar surface area (TPSA) is 101 Å². The van der Waals surface area contributed by atoms with Crippen LogP contribution in [0.4, 0.5) is 0 Å². The summed E-state index contributed by atoms with van der Waals surface area (Å²) in [7, 11) is 1.57. The molecule has 28 heavy (non-hydrogen) atoms. The highest BCUT2D eigenvalue weighted by molar-refractivity contribution is 5.69. The molecular weight excluding hydrogens is 360 g/mol. The van der Waals surface area contributed by atoms with Crippen LogP contribution in [0, 0.1) is 0 Å². The quantitative estimate of drug-likeness (QED) is 0.513. The van der Waals surface area contributed by atoms with Crippen molar-refractivity contribution in [3.05, 3.63) is 91.1 Å². The van der Waals surface area contributed by atoms with Crippen LogP contribution in [0.1, 0.15) is 18.1 Å². The van der Waals surface area contributed by atoms with Gasteiger partial charge < -0.3 is 19.4 Å². The summed E-state index contributed by atoms with van der Waals surface area (Å²) < 4.78 is 10.1. The molecule has 0 aliphatic carbocycles. The fraction of sp³-hybridized carbons (Fsp3) is 0.0952. The van der Waals surface area contributed by atoms with Crippen LogP contribution in [0.25, 0.3) is 12.2 Å². The Bertz CT molecular complexity index is 1220. The van der Waals surface area contributed by atoms with E-state index in [1.165, 1.54) is 13.0 Å². The maximum absolute atomic E-state index is 12.3. The highest BCUT2D eigenvalue weighted by atomic mass is 16.5. The summed E-state index contributed by atoms with van der Waals surface area (Å²) in [5.74, 6) is 0.682. The minimum Gasteiger partial charge on any atom is -0.497 e. The Kier molecular flexibility index (Phi) is 5.55. The smallest absolute Gasteiger partial charge is 0.308 e. The number of carbonyl (C=O) groups excluding carboxylic acids is 1. The molecule has 0 saturated carbocycles. The van der Waals surface area contributed by atoms with Crippen molar-refractivity contribution in [1.29, 1.82) is 0 Å². The number of esters is 1. The lowest BCUT2D eigenvalue weighted by Gasteiger charge is -2.00. The van der Waals surface area contributed by atoms with Crippen LogP contribution in [-0.4, -0.2) is 23.0 Å². The van der Waals surface area contributed by atoms with Crippen molar-refractivity contribution < 1.29 is 14.3 Å². The van der Waals surface area contributed by atoms with Crippen LogP contribution in [0.15, 0.2) is 58.1 Å². The lowest BCUT2D eigenvalue weighted by atomic mass is 10.2. The highest BCUT2D eigenvalue weighted by Crippen LogP contribution is 2.12. The van der Waals surface area contributed by atoms with Gasteiger partial charge in [-0.05, 0) is 47.5 Å². The van der Waals surface area contributed by atoms with Crippen LogP contribution in [-0.2, 0) is 4.79 Å². The van der Waals surface area contributed by atoms with Crippen molar-refractivity contribution in [3.8, 4) is 11.5 Å². The second-order valence-corrected chi connectivity index (χ2v) is 5.96. The largest absolute Gasteiger partial charge is 0.497 e. The molecule has 0 saturated heterocycles. The lowest BCUT2D eigenvalue weighted by Crippen LogP contribution is -2.46. The van der Waals surface area contributed by atoms with E-state index in [9.17, 15) is 14.4 Å². The molecule has 0 bridgehead atoms. The molecular formula is C21H18N2O5. The minimum absolute atomic E-state index is 0.122. The van der Waals surface area contributed by atoms with Gasteiger partial charge in [-0.1, -0.05) is 24.3 Å². The molecule has 0 amide bonds. The molecule has 3 aromatic rings. The number of ether oxygens (including phenoxy) is 2. The second kappa shape index (κ2) is 8.22. The molecule has 7 nitrogen and oxygen atoms in total. The molecule has 0 aliphatic heterocycles. The van der Waals surface area contributed by atoms with Gasteiger partial charge in [0.2, 0.25) is 0 Å². The van der Waals surface area contributed by atoms with Gasteiger partial charge in [-0.2, -0.15) is 0 Å². The third-order valence-electron chi connectivity index (χ3n) is 3.87. The van der Waals surface area contributed by atoms with E-state index in [0.29, 0.717) is 17.1 Å². The number of aromatic nitrogens is 2. The summed E-state index contributed by atoms with van der Waals surface area (Å²) in [5.41, 5.74) is 0.574. The van der Waals surface area contributed by atoms with Crippen molar-refractivity contribution in [2.45, 2.75) is 6.92 Å². The first-order chi connectivity index (χ1) is 13.4. The van der Waals surface area contributed by atoms with E-state index in [1.807, 2.05) is 0 Å². The van der Waals surface area contributed by atoms with Crippen molar-refractivity contribution in [3.63, 3.8) is 0 Å². The molecule has 0 atom stereocenters. The lowest BCUT2D eigenvalue weighted by molar-refractivity contribution is -0.131. The Labute approximate surface area is 159 Å². The van der Waals surface area contributed by atoms with E-state index in [2.05, 4.69) is 9.97 Å². The summed E-state index contributed by atoms with van der Waals surface area (Å²) in [5, 5.41) is 0.273. The average molecular weight is 378 g/mol. The summed E-state index contributed by atoms with van der Waals surface area (Å²) >= 11 is 0. The molecule has 0 fully saturated rings. The molecule has 2 N–H and O–H groups in total. The Morgan fingerprint density at radius 1 is 0.786 bits per heavy atom. The average Bonchev–Trinajstić information content (AvgIpc) is 2.67. The first-order valence-corrected chi connectivity index (χ1v) is 8.43. The van der Waals surface area contributed by atoms with Crippen LogP contribution in [0.2, 0.25) is 0 Å². The van der Waals surface area contributed by atoms with Gasteiger partial charge in [-0.15, -0.1) is 0 Å². The van der Waals surface area contributed by atoms with Crippen LogP contribution in [0.5, 0.6) is 11.5 Å². The van der Waals surface area contributed by atoms with Crippen molar-refractivity contribution in [2.75, 3.05) is 7.11 Å². The van der Waals surface area contributed by atoms with Crippen molar-refractivity contribution >= 4 is 18.1 Å². The standard InChI is InChI=1S/C21H18N2O5/c1-13(24)28-17-9-5-15(6-10-17)12-19-21(26)22-18(20(25)23-19)11-14-3-7-16(27-2)8-4-14/h3-12H,1-2H3,(H,22,26)(H,23,25)/b18-11-,19-12-. The van der Waals surface area contributed by atoms with Crippen LogP contribution >= 0.6 is 0 Å². The first-order valence-electron chi connectivity index (χ1n) is 8.43. The fourth-order valence-corrected chi connectivity index (χ4v) is 2.53. The highest BCUT2D eigenvalue weighted by Gasteiger charge is 2.00. The zero-order valence-electron chi connectivity index (χ0n) is 15.3. The zero-order chi connectivity index (χ0) is 20.1. The van der Waals surface area contributed by atoms with Gasteiger partial charge in [0.15, 0.2) is 0 Å². The molecule has 0 radical (unpaired) electrons. The van der Waals surface area contributed by atoms with Crippen molar-refractivity contribution in [2.24, 2.45) is 0 Å². The monoisotopic (exact) mass is 378 g/mol. The maximum atomic E-state index is 12.3. The molecule has 0 spiro atoms. The predicted octanol–water partition coefficient (Wildman–Crippen LogP) is 0.655. The van der Waals surface area contributed by atoms with Gasteiger partial charge in [0, 0.05) is 6.92 Å². The first kappa shape index (κ1) is 18.9. The van der Waals surface area contributed by atoms with E-state index in [-0.39, 0.29) is 10.7 Å². The third-order valence-corrected chi connectivity index (χ3v) is 3.87. The number of hydrogen-bond acceptors (Lipinski definition) is 5. The fourth-order valence-electron chi connectivity index (χ4n) is 2.53. The van der Waals surface area contributed by atoms with E-state index in [4.69, 9.17) is 9.47 Å². The van der Waals surface area contributed by atoms with Crippen LogP contribution in [0.3, 0.4) is 0 Å². The summed E-state index contributed by atoms with van der Waals surface area (Å²) in [6.45, 7) is 1.31. The molecule has 1 heterocycles. The zero-order valence-corrected chi connectivity index (χ0v) is 15.3. The van der Waals surface area contributed by atoms with Gasteiger partial charge in [0.25, 0.3) is 11.1 Å². The molecule has 7 heteroatoms. The maximum Gasteiger partial charge on any atom is 0.308 e. The number of aromatic amines is 2. The van der Waals surface area contributed by atoms with Gasteiger partial charge in [0.05, 0.1) is 7.11 Å². The van der Waals surface area contributed by atoms with E-state index in [0.717, 1.165) is 5.56 Å². The number of methoxy groups -OCH3 is 1. The number of rotatable bonds is 4. The number of benzene rings is 2. The van der Waals surface area contributed by atoms with E-state index < -0.39 is 17.1 Å². The summed E-state index contributed by atoms with van der Waals surface area (Å²) in [4.78, 5) is 40.8. The second-order valence-electron chi connectivity index (χ2n) is 5.96.